The van der Waals surface area contributed by atoms with Crippen LogP contribution in [0.25, 0.3) is 0 Å². The zero-order valence-corrected chi connectivity index (χ0v) is 16.5. The van der Waals surface area contributed by atoms with E-state index >= 15 is 0 Å². The SMILES string of the molecule is COC(=O)C1=C(C(C)C)NC(=O)NC1c1ccc(N2CCC(C)CC2)cc1. The van der Waals surface area contributed by atoms with Gasteiger partial charge in [-0.15, -0.1) is 0 Å². The van der Waals surface area contributed by atoms with E-state index < -0.39 is 12.0 Å². The van der Waals surface area contributed by atoms with E-state index in [2.05, 4.69) is 34.6 Å². The lowest BCUT2D eigenvalue weighted by Gasteiger charge is -2.33. The maximum Gasteiger partial charge on any atom is 0.337 e. The Morgan fingerprint density at radius 3 is 2.37 bits per heavy atom. The number of allylic oxidation sites excluding steroid dienone is 1. The van der Waals surface area contributed by atoms with Gasteiger partial charge in [0.15, 0.2) is 0 Å². The highest BCUT2D eigenvalue weighted by molar-refractivity contribution is 5.95. The number of carbonyl (C=O) groups is 2. The van der Waals surface area contributed by atoms with Crippen molar-refractivity contribution in [1.82, 2.24) is 10.6 Å². The average Bonchev–Trinajstić information content (AvgIpc) is 2.67. The molecular weight excluding hydrogens is 342 g/mol. The first kappa shape index (κ1) is 19.3. The van der Waals surface area contributed by atoms with Crippen LogP contribution in [0.5, 0.6) is 0 Å². The van der Waals surface area contributed by atoms with Crippen LogP contribution in [0.4, 0.5) is 10.5 Å². The first-order valence-electron chi connectivity index (χ1n) is 9.65. The first-order chi connectivity index (χ1) is 12.9. The number of esters is 1. The van der Waals surface area contributed by atoms with Gasteiger partial charge < -0.3 is 20.3 Å². The lowest BCUT2D eigenvalue weighted by molar-refractivity contribution is -0.136. The number of methoxy groups -OCH3 is 1. The number of carbonyl (C=O) groups excluding carboxylic acids is 2. The molecule has 1 unspecified atom stereocenters. The Bertz CT molecular complexity index is 732. The maximum absolute atomic E-state index is 12.4. The van der Waals surface area contributed by atoms with Gasteiger partial charge in [-0.2, -0.15) is 0 Å². The highest BCUT2D eigenvalue weighted by Gasteiger charge is 2.34. The van der Waals surface area contributed by atoms with Crippen LogP contribution in [0.1, 0.15) is 45.2 Å². The van der Waals surface area contributed by atoms with Gasteiger partial charge in [-0.3, -0.25) is 0 Å². The monoisotopic (exact) mass is 371 g/mol. The number of nitrogens with zero attached hydrogens (tertiary/aromatic N) is 1. The van der Waals surface area contributed by atoms with Gasteiger partial charge in [0.05, 0.1) is 18.7 Å². The number of amides is 2. The van der Waals surface area contributed by atoms with Crippen molar-refractivity contribution in [2.45, 2.75) is 39.7 Å². The predicted molar refractivity (Wildman–Crippen MR) is 105 cm³/mol. The zero-order valence-electron chi connectivity index (χ0n) is 16.5. The van der Waals surface area contributed by atoms with Crippen molar-refractivity contribution in [3.8, 4) is 0 Å². The van der Waals surface area contributed by atoms with Crippen molar-refractivity contribution in [1.29, 1.82) is 0 Å². The smallest absolute Gasteiger partial charge is 0.337 e. The molecule has 3 rings (SSSR count). The molecule has 0 aliphatic carbocycles. The maximum atomic E-state index is 12.4. The van der Waals surface area contributed by atoms with Crippen LogP contribution >= 0.6 is 0 Å². The Hall–Kier alpha value is -2.50. The number of hydrogen-bond donors (Lipinski definition) is 2. The van der Waals surface area contributed by atoms with Gasteiger partial charge in [0.2, 0.25) is 0 Å². The van der Waals surface area contributed by atoms with Gasteiger partial charge >= 0.3 is 12.0 Å². The van der Waals surface area contributed by atoms with Crippen molar-refractivity contribution in [2.24, 2.45) is 11.8 Å². The topological polar surface area (TPSA) is 70.7 Å². The molecule has 1 fully saturated rings. The van der Waals surface area contributed by atoms with Crippen molar-refractivity contribution in [3.63, 3.8) is 0 Å². The molecule has 1 saturated heterocycles. The Balaban J connectivity index is 1.90. The number of ether oxygens (including phenoxy) is 1. The molecular formula is C21H29N3O3. The normalized spacial score (nSPS) is 21.1. The molecule has 2 aliphatic rings. The van der Waals surface area contributed by atoms with Gasteiger partial charge in [-0.05, 0) is 42.4 Å². The van der Waals surface area contributed by atoms with Crippen molar-refractivity contribution < 1.29 is 14.3 Å². The number of hydrogen-bond acceptors (Lipinski definition) is 4. The molecule has 27 heavy (non-hydrogen) atoms. The van der Waals surface area contributed by atoms with Crippen LogP contribution in [0.2, 0.25) is 0 Å². The molecule has 0 saturated carbocycles. The minimum absolute atomic E-state index is 0.00210. The van der Waals surface area contributed by atoms with E-state index in [1.165, 1.54) is 25.6 Å². The lowest BCUT2D eigenvalue weighted by atomic mass is 9.91. The van der Waals surface area contributed by atoms with Crippen LogP contribution in [0, 0.1) is 11.8 Å². The van der Waals surface area contributed by atoms with Crippen molar-refractivity contribution >= 4 is 17.7 Å². The van der Waals surface area contributed by atoms with E-state index in [0.29, 0.717) is 11.3 Å². The molecule has 6 heteroatoms. The van der Waals surface area contributed by atoms with Gasteiger partial charge in [0.1, 0.15) is 0 Å². The second kappa shape index (κ2) is 8.03. The van der Waals surface area contributed by atoms with Crippen molar-refractivity contribution in [3.05, 3.63) is 41.1 Å². The largest absolute Gasteiger partial charge is 0.466 e. The van der Waals surface area contributed by atoms with E-state index in [4.69, 9.17) is 4.74 Å². The summed E-state index contributed by atoms with van der Waals surface area (Å²) in [6, 6.07) is 7.31. The highest BCUT2D eigenvalue weighted by atomic mass is 16.5. The fourth-order valence-electron chi connectivity index (χ4n) is 3.77. The summed E-state index contributed by atoms with van der Waals surface area (Å²) in [7, 11) is 1.36. The van der Waals surface area contributed by atoms with E-state index in [-0.39, 0.29) is 11.9 Å². The zero-order chi connectivity index (χ0) is 19.6. The van der Waals surface area contributed by atoms with Crippen LogP contribution in [-0.4, -0.2) is 32.2 Å². The quantitative estimate of drug-likeness (QED) is 0.796. The van der Waals surface area contributed by atoms with E-state index in [1.807, 2.05) is 26.0 Å². The Morgan fingerprint density at radius 2 is 1.81 bits per heavy atom. The molecule has 1 aromatic rings. The minimum atomic E-state index is -0.515. The van der Waals surface area contributed by atoms with Gasteiger partial charge in [0, 0.05) is 24.5 Å². The first-order valence-corrected chi connectivity index (χ1v) is 9.65. The molecule has 0 radical (unpaired) electrons. The Labute approximate surface area is 161 Å². The second-order valence-electron chi connectivity index (χ2n) is 7.77. The summed E-state index contributed by atoms with van der Waals surface area (Å²) in [4.78, 5) is 27.0. The third kappa shape index (κ3) is 4.10. The van der Waals surface area contributed by atoms with Crippen LogP contribution < -0.4 is 15.5 Å². The predicted octanol–water partition coefficient (Wildman–Crippen LogP) is 3.36. The number of benzene rings is 1. The second-order valence-corrected chi connectivity index (χ2v) is 7.77. The standard InChI is InChI=1S/C21H29N3O3/c1-13(2)18-17(20(25)27-4)19(23-21(26)22-18)15-5-7-16(8-6-15)24-11-9-14(3)10-12-24/h5-8,13-14,19H,9-12H2,1-4H3,(H2,22,23,26). The van der Waals surface area contributed by atoms with E-state index in [0.717, 1.165) is 24.6 Å². The number of urea groups is 1. The highest BCUT2D eigenvalue weighted by Crippen LogP contribution is 2.32. The molecule has 1 aromatic carbocycles. The molecule has 2 amide bonds. The Kier molecular flexibility index (Phi) is 5.73. The minimum Gasteiger partial charge on any atom is -0.466 e. The van der Waals surface area contributed by atoms with E-state index in [9.17, 15) is 9.59 Å². The molecule has 2 heterocycles. The fourth-order valence-corrected chi connectivity index (χ4v) is 3.77. The molecule has 2 N–H and O–H groups in total. The van der Waals surface area contributed by atoms with Crippen molar-refractivity contribution in [2.75, 3.05) is 25.1 Å². The third-order valence-corrected chi connectivity index (χ3v) is 5.46. The van der Waals surface area contributed by atoms with Gasteiger partial charge in [-0.25, -0.2) is 9.59 Å². The molecule has 0 bridgehead atoms. The molecule has 1 atom stereocenters. The summed E-state index contributed by atoms with van der Waals surface area (Å²) in [6.45, 7) is 8.32. The number of anilines is 1. The third-order valence-electron chi connectivity index (χ3n) is 5.46. The Morgan fingerprint density at radius 1 is 1.19 bits per heavy atom. The molecule has 2 aliphatic heterocycles. The summed E-state index contributed by atoms with van der Waals surface area (Å²) in [6.07, 6.45) is 2.41. The average molecular weight is 371 g/mol. The summed E-state index contributed by atoms with van der Waals surface area (Å²) < 4.78 is 4.99. The molecule has 0 spiro atoms. The van der Waals surface area contributed by atoms with E-state index in [1.54, 1.807) is 0 Å². The number of piperidine rings is 1. The summed E-state index contributed by atoms with van der Waals surface area (Å²) >= 11 is 0. The van der Waals surface area contributed by atoms with Crippen LogP contribution in [0.3, 0.4) is 0 Å². The number of rotatable bonds is 4. The number of nitrogens with one attached hydrogen (secondary N) is 2. The molecule has 146 valence electrons. The summed E-state index contributed by atoms with van der Waals surface area (Å²) in [5, 5.41) is 5.63. The molecule has 6 nitrogen and oxygen atoms in total. The summed E-state index contributed by atoms with van der Waals surface area (Å²) in [5.41, 5.74) is 3.13. The summed E-state index contributed by atoms with van der Waals surface area (Å²) in [5.74, 6) is 0.361. The molecule has 0 aromatic heterocycles. The van der Waals surface area contributed by atoms with Gasteiger partial charge in [-0.1, -0.05) is 32.9 Å². The van der Waals surface area contributed by atoms with Crippen LogP contribution in [-0.2, 0) is 9.53 Å². The van der Waals surface area contributed by atoms with Gasteiger partial charge in [0.25, 0.3) is 0 Å². The van der Waals surface area contributed by atoms with Crippen LogP contribution in [0.15, 0.2) is 35.5 Å². The fraction of sp³-hybridized carbons (Fsp3) is 0.524. The lowest BCUT2D eigenvalue weighted by Crippen LogP contribution is -2.47.